The molecule has 154 valence electrons. The SMILES string of the molecule is C[C@H]1[C@H](NC(=O)c2ccc(Oc3cccc(C(F)(F)F)n3)cc2)C2CCN1CC2. The average molecular weight is 405 g/mol. The molecule has 2 bridgehead atoms. The molecule has 1 amide bonds. The molecule has 5 rings (SSSR count). The molecule has 2 aromatic rings. The highest BCUT2D eigenvalue weighted by Crippen LogP contribution is 2.32. The van der Waals surface area contributed by atoms with Crippen LogP contribution in [0.3, 0.4) is 0 Å². The van der Waals surface area contributed by atoms with Gasteiger partial charge in [0, 0.05) is 23.7 Å². The number of piperidine rings is 3. The summed E-state index contributed by atoms with van der Waals surface area (Å²) >= 11 is 0. The van der Waals surface area contributed by atoms with E-state index in [1.807, 2.05) is 0 Å². The lowest BCUT2D eigenvalue weighted by Crippen LogP contribution is -2.62. The van der Waals surface area contributed by atoms with Gasteiger partial charge in [0.05, 0.1) is 0 Å². The predicted octanol–water partition coefficient (Wildman–Crippen LogP) is 4.11. The van der Waals surface area contributed by atoms with E-state index in [1.54, 1.807) is 24.3 Å². The van der Waals surface area contributed by atoms with Gasteiger partial charge in [0.15, 0.2) is 0 Å². The quantitative estimate of drug-likeness (QED) is 0.832. The lowest BCUT2D eigenvalue weighted by atomic mass is 9.79. The first-order chi connectivity index (χ1) is 13.8. The van der Waals surface area contributed by atoms with Gasteiger partial charge in [0.1, 0.15) is 11.4 Å². The molecule has 1 aromatic carbocycles. The van der Waals surface area contributed by atoms with E-state index in [-0.39, 0.29) is 17.8 Å². The van der Waals surface area contributed by atoms with Gasteiger partial charge in [0.25, 0.3) is 5.91 Å². The number of ether oxygens (including phenoxy) is 1. The van der Waals surface area contributed by atoms with Crippen molar-refractivity contribution < 1.29 is 22.7 Å². The number of halogens is 3. The Kier molecular flexibility index (Phi) is 5.21. The summed E-state index contributed by atoms with van der Waals surface area (Å²) in [5.41, 5.74) is -0.532. The number of hydrogen-bond donors (Lipinski definition) is 1. The van der Waals surface area contributed by atoms with Crippen LogP contribution in [0.2, 0.25) is 0 Å². The van der Waals surface area contributed by atoms with Gasteiger partial charge in [0.2, 0.25) is 5.88 Å². The summed E-state index contributed by atoms with van der Waals surface area (Å²) in [7, 11) is 0. The third-order valence-electron chi connectivity index (χ3n) is 5.83. The van der Waals surface area contributed by atoms with Gasteiger partial charge < -0.3 is 10.1 Å². The first-order valence-electron chi connectivity index (χ1n) is 9.68. The topological polar surface area (TPSA) is 54.5 Å². The predicted molar refractivity (Wildman–Crippen MR) is 101 cm³/mol. The Labute approximate surface area is 166 Å². The van der Waals surface area contributed by atoms with Crippen LogP contribution in [0.15, 0.2) is 42.5 Å². The van der Waals surface area contributed by atoms with E-state index in [9.17, 15) is 18.0 Å². The van der Waals surface area contributed by atoms with Crippen LogP contribution >= 0.6 is 0 Å². The average Bonchev–Trinajstić information content (AvgIpc) is 2.71. The molecule has 3 saturated heterocycles. The number of benzene rings is 1. The van der Waals surface area contributed by atoms with E-state index in [2.05, 4.69) is 22.1 Å². The highest BCUT2D eigenvalue weighted by atomic mass is 19.4. The number of nitrogens with zero attached hydrogens (tertiary/aromatic N) is 2. The number of rotatable bonds is 4. The van der Waals surface area contributed by atoms with Crippen LogP contribution in [0.25, 0.3) is 0 Å². The fourth-order valence-corrected chi connectivity index (χ4v) is 4.20. The molecule has 8 heteroatoms. The molecule has 5 nitrogen and oxygen atoms in total. The minimum absolute atomic E-state index is 0.134. The van der Waals surface area contributed by atoms with Gasteiger partial charge in [-0.3, -0.25) is 9.69 Å². The molecule has 0 saturated carbocycles. The fourth-order valence-electron chi connectivity index (χ4n) is 4.20. The van der Waals surface area contributed by atoms with Crippen LogP contribution in [-0.4, -0.2) is 41.0 Å². The summed E-state index contributed by atoms with van der Waals surface area (Å²) in [6, 6.07) is 10.2. The van der Waals surface area contributed by atoms with E-state index >= 15 is 0 Å². The van der Waals surface area contributed by atoms with Crippen LogP contribution in [0, 0.1) is 5.92 Å². The summed E-state index contributed by atoms with van der Waals surface area (Å²) in [5, 5.41) is 3.15. The minimum Gasteiger partial charge on any atom is -0.439 e. The Balaban J connectivity index is 1.41. The highest BCUT2D eigenvalue weighted by Gasteiger charge is 2.40. The second kappa shape index (κ2) is 7.67. The fraction of sp³-hybridized carbons (Fsp3) is 0.429. The van der Waals surface area contributed by atoms with Crippen molar-refractivity contribution in [3.05, 3.63) is 53.7 Å². The van der Waals surface area contributed by atoms with E-state index in [4.69, 9.17) is 4.74 Å². The van der Waals surface area contributed by atoms with Gasteiger partial charge in [-0.1, -0.05) is 6.07 Å². The monoisotopic (exact) mass is 405 g/mol. The van der Waals surface area contributed by atoms with E-state index in [1.165, 1.54) is 12.1 Å². The first kappa shape index (κ1) is 19.7. The van der Waals surface area contributed by atoms with Crippen LogP contribution in [0.5, 0.6) is 11.6 Å². The molecule has 3 aliphatic heterocycles. The van der Waals surface area contributed by atoms with Crippen molar-refractivity contribution in [2.45, 2.75) is 38.0 Å². The van der Waals surface area contributed by atoms with Crippen molar-refractivity contribution in [2.24, 2.45) is 5.92 Å². The van der Waals surface area contributed by atoms with E-state index in [0.29, 0.717) is 23.3 Å². The Morgan fingerprint density at radius 1 is 1.14 bits per heavy atom. The van der Waals surface area contributed by atoms with Crippen molar-refractivity contribution in [3.63, 3.8) is 0 Å². The third kappa shape index (κ3) is 4.22. The molecule has 29 heavy (non-hydrogen) atoms. The number of alkyl halides is 3. The highest BCUT2D eigenvalue weighted by molar-refractivity contribution is 5.94. The maximum absolute atomic E-state index is 12.8. The lowest BCUT2D eigenvalue weighted by Gasteiger charge is -2.49. The van der Waals surface area contributed by atoms with E-state index in [0.717, 1.165) is 32.0 Å². The molecule has 0 spiro atoms. The lowest BCUT2D eigenvalue weighted by molar-refractivity contribution is -0.141. The zero-order valence-electron chi connectivity index (χ0n) is 15.9. The summed E-state index contributed by atoms with van der Waals surface area (Å²) < 4.78 is 43.7. The third-order valence-corrected chi connectivity index (χ3v) is 5.83. The Morgan fingerprint density at radius 2 is 1.83 bits per heavy atom. The molecule has 1 aromatic heterocycles. The number of amides is 1. The second-order valence-corrected chi connectivity index (χ2v) is 7.60. The Hall–Kier alpha value is -2.61. The molecule has 0 radical (unpaired) electrons. The summed E-state index contributed by atoms with van der Waals surface area (Å²) in [5.74, 6) is 0.510. The van der Waals surface area contributed by atoms with Gasteiger partial charge in [-0.05, 0) is 69.1 Å². The molecule has 0 aliphatic carbocycles. The second-order valence-electron chi connectivity index (χ2n) is 7.60. The largest absolute Gasteiger partial charge is 0.439 e. The van der Waals surface area contributed by atoms with Crippen molar-refractivity contribution in [1.29, 1.82) is 0 Å². The number of hydrogen-bond acceptors (Lipinski definition) is 4. The maximum Gasteiger partial charge on any atom is 0.433 e. The molecule has 0 unspecified atom stereocenters. The van der Waals surface area contributed by atoms with Crippen molar-refractivity contribution in [3.8, 4) is 11.6 Å². The molecular formula is C21H22F3N3O2. The molecule has 2 atom stereocenters. The Bertz CT molecular complexity index is 875. The van der Waals surface area contributed by atoms with Crippen LogP contribution in [0.4, 0.5) is 13.2 Å². The minimum atomic E-state index is -4.53. The van der Waals surface area contributed by atoms with Crippen molar-refractivity contribution in [1.82, 2.24) is 15.2 Å². The summed E-state index contributed by atoms with van der Waals surface area (Å²) in [4.78, 5) is 18.5. The van der Waals surface area contributed by atoms with Crippen LogP contribution in [0.1, 0.15) is 35.8 Å². The van der Waals surface area contributed by atoms with Gasteiger partial charge in [-0.15, -0.1) is 0 Å². The first-order valence-corrected chi connectivity index (χ1v) is 9.68. The van der Waals surface area contributed by atoms with E-state index < -0.39 is 11.9 Å². The number of carbonyl (C=O) groups excluding carboxylic acids is 1. The molecular weight excluding hydrogens is 383 g/mol. The molecule has 3 aliphatic rings. The smallest absolute Gasteiger partial charge is 0.433 e. The number of nitrogens with one attached hydrogen (secondary N) is 1. The number of carbonyl (C=O) groups is 1. The zero-order valence-corrected chi connectivity index (χ0v) is 15.9. The van der Waals surface area contributed by atoms with Crippen LogP contribution < -0.4 is 10.1 Å². The summed E-state index contributed by atoms with van der Waals surface area (Å²) in [6.45, 7) is 4.33. The normalized spacial score (nSPS) is 26.2. The summed E-state index contributed by atoms with van der Waals surface area (Å²) in [6.07, 6.45) is -2.33. The Morgan fingerprint density at radius 3 is 2.45 bits per heavy atom. The van der Waals surface area contributed by atoms with Crippen molar-refractivity contribution >= 4 is 5.91 Å². The van der Waals surface area contributed by atoms with Gasteiger partial charge in [-0.25, -0.2) is 4.98 Å². The number of aromatic nitrogens is 1. The maximum atomic E-state index is 12.8. The standard InChI is InChI=1S/C21H22F3N3O2/c1-13-19(14-9-11-27(13)12-10-14)26-20(28)15-5-7-16(8-6-15)29-18-4-2-3-17(25-18)21(22,23)24/h2-8,13-14,19H,9-12H2,1H3,(H,26,28)/t13-,19-/m0/s1. The number of pyridine rings is 1. The zero-order chi connectivity index (χ0) is 20.6. The van der Waals surface area contributed by atoms with Crippen LogP contribution in [-0.2, 0) is 6.18 Å². The molecule has 3 fully saturated rings. The van der Waals surface area contributed by atoms with Gasteiger partial charge in [-0.2, -0.15) is 13.2 Å². The van der Waals surface area contributed by atoms with Gasteiger partial charge >= 0.3 is 6.18 Å². The molecule has 1 N–H and O–H groups in total. The number of fused-ring (bicyclic) bond motifs is 3. The molecule has 4 heterocycles. The van der Waals surface area contributed by atoms with Crippen molar-refractivity contribution in [2.75, 3.05) is 13.1 Å².